The highest BCUT2D eigenvalue weighted by atomic mass is 16.1. The summed E-state index contributed by atoms with van der Waals surface area (Å²) in [6.07, 6.45) is 3.13. The van der Waals surface area contributed by atoms with Crippen molar-refractivity contribution in [1.82, 2.24) is 20.3 Å². The zero-order chi connectivity index (χ0) is 13.9. The number of fused-ring (bicyclic) bond motifs is 1. The van der Waals surface area contributed by atoms with E-state index in [0.29, 0.717) is 12.1 Å². The van der Waals surface area contributed by atoms with Crippen molar-refractivity contribution in [3.63, 3.8) is 0 Å². The van der Waals surface area contributed by atoms with Crippen LogP contribution in [0, 0.1) is 0 Å². The molecule has 1 aromatic carbocycles. The van der Waals surface area contributed by atoms with Gasteiger partial charge >= 0.3 is 5.69 Å². The fourth-order valence-corrected chi connectivity index (χ4v) is 1.97. The number of rotatable bonds is 3. The summed E-state index contributed by atoms with van der Waals surface area (Å²) < 4.78 is 0. The topological polar surface area (TPSA) is 90.6 Å². The van der Waals surface area contributed by atoms with E-state index in [9.17, 15) is 9.59 Å². The molecule has 0 aliphatic heterocycles. The van der Waals surface area contributed by atoms with Crippen LogP contribution in [0.2, 0.25) is 0 Å². The zero-order valence-electron chi connectivity index (χ0n) is 10.5. The number of amides is 1. The summed E-state index contributed by atoms with van der Waals surface area (Å²) in [7, 11) is 0. The second-order valence-corrected chi connectivity index (χ2v) is 4.38. The molecule has 2 aromatic heterocycles. The number of hydrogen-bond acceptors (Lipinski definition) is 3. The van der Waals surface area contributed by atoms with Gasteiger partial charge < -0.3 is 15.3 Å². The predicted octanol–water partition coefficient (Wildman–Crippen LogP) is 1.18. The number of carbonyl (C=O) groups excluding carboxylic acids is 1. The number of nitrogens with zero attached hydrogens (tertiary/aromatic N) is 1. The van der Waals surface area contributed by atoms with Gasteiger partial charge in [-0.15, -0.1) is 0 Å². The lowest BCUT2D eigenvalue weighted by molar-refractivity contribution is 0.0950. The first-order valence-electron chi connectivity index (χ1n) is 6.11. The van der Waals surface area contributed by atoms with Crippen molar-refractivity contribution in [1.29, 1.82) is 0 Å². The molecule has 3 rings (SSSR count). The van der Waals surface area contributed by atoms with Gasteiger partial charge in [-0.2, -0.15) is 0 Å². The SMILES string of the molecule is O=C(NCc1ccc2[nH]c(=O)[nH]c2c1)c1cccnc1. The van der Waals surface area contributed by atoms with Crippen LogP contribution < -0.4 is 11.0 Å². The Morgan fingerprint density at radius 3 is 2.85 bits per heavy atom. The van der Waals surface area contributed by atoms with Crippen molar-refractivity contribution < 1.29 is 4.79 Å². The molecule has 0 saturated heterocycles. The maximum Gasteiger partial charge on any atom is 0.323 e. The van der Waals surface area contributed by atoms with Crippen LogP contribution >= 0.6 is 0 Å². The zero-order valence-corrected chi connectivity index (χ0v) is 10.5. The molecule has 0 aliphatic rings. The van der Waals surface area contributed by atoms with E-state index in [2.05, 4.69) is 20.3 Å². The van der Waals surface area contributed by atoms with Crippen molar-refractivity contribution in [3.8, 4) is 0 Å². The molecule has 2 heterocycles. The highest BCUT2D eigenvalue weighted by Crippen LogP contribution is 2.10. The molecule has 0 fully saturated rings. The normalized spacial score (nSPS) is 10.6. The van der Waals surface area contributed by atoms with Crippen LogP contribution in [0.25, 0.3) is 11.0 Å². The summed E-state index contributed by atoms with van der Waals surface area (Å²) in [6.45, 7) is 0.386. The molecule has 100 valence electrons. The Kier molecular flexibility index (Phi) is 3.04. The number of carbonyl (C=O) groups is 1. The molecule has 6 heteroatoms. The smallest absolute Gasteiger partial charge is 0.323 e. The summed E-state index contributed by atoms with van der Waals surface area (Å²) >= 11 is 0. The second-order valence-electron chi connectivity index (χ2n) is 4.38. The molecule has 0 bridgehead atoms. The third-order valence-corrected chi connectivity index (χ3v) is 2.96. The van der Waals surface area contributed by atoms with E-state index in [1.807, 2.05) is 12.1 Å². The van der Waals surface area contributed by atoms with Crippen molar-refractivity contribution in [2.75, 3.05) is 0 Å². The summed E-state index contributed by atoms with van der Waals surface area (Å²) in [5.74, 6) is -0.180. The van der Waals surface area contributed by atoms with Crippen LogP contribution in [-0.2, 0) is 6.54 Å². The molecule has 0 aliphatic carbocycles. The Morgan fingerprint density at radius 2 is 2.05 bits per heavy atom. The van der Waals surface area contributed by atoms with Crippen molar-refractivity contribution >= 4 is 16.9 Å². The maximum atomic E-state index is 11.9. The third-order valence-electron chi connectivity index (χ3n) is 2.96. The van der Waals surface area contributed by atoms with Crippen molar-refractivity contribution in [3.05, 3.63) is 64.3 Å². The highest BCUT2D eigenvalue weighted by Gasteiger charge is 2.05. The van der Waals surface area contributed by atoms with Crippen LogP contribution in [0.15, 0.2) is 47.5 Å². The Labute approximate surface area is 113 Å². The predicted molar refractivity (Wildman–Crippen MR) is 74.3 cm³/mol. The number of pyridine rings is 1. The fourth-order valence-electron chi connectivity index (χ4n) is 1.97. The molecule has 0 atom stereocenters. The fraction of sp³-hybridized carbons (Fsp3) is 0.0714. The Bertz CT molecular complexity index is 805. The minimum absolute atomic E-state index is 0.180. The van der Waals surface area contributed by atoms with Gasteiger partial charge in [0.2, 0.25) is 0 Å². The third kappa shape index (κ3) is 2.44. The standard InChI is InChI=1S/C14H12N4O2/c19-13(10-2-1-5-15-8-10)16-7-9-3-4-11-12(6-9)18-14(20)17-11/h1-6,8H,7H2,(H,16,19)(H2,17,18,20). The van der Waals surface area contributed by atoms with Crippen molar-refractivity contribution in [2.45, 2.75) is 6.54 Å². The molecule has 3 aromatic rings. The number of aromatic amines is 2. The average Bonchev–Trinajstić information content (AvgIpc) is 2.85. The number of nitrogens with one attached hydrogen (secondary N) is 3. The lowest BCUT2D eigenvalue weighted by Gasteiger charge is -2.05. The van der Waals surface area contributed by atoms with Gasteiger partial charge in [0.25, 0.3) is 5.91 Å². The minimum atomic E-state index is -0.239. The van der Waals surface area contributed by atoms with Gasteiger partial charge in [-0.1, -0.05) is 6.07 Å². The molecule has 0 unspecified atom stereocenters. The van der Waals surface area contributed by atoms with E-state index >= 15 is 0 Å². The quantitative estimate of drug-likeness (QED) is 0.666. The van der Waals surface area contributed by atoms with Gasteiger partial charge in [0.05, 0.1) is 16.6 Å². The number of benzene rings is 1. The van der Waals surface area contributed by atoms with Crippen molar-refractivity contribution in [2.24, 2.45) is 0 Å². The number of aromatic nitrogens is 3. The van der Waals surface area contributed by atoms with Crippen LogP contribution in [0.5, 0.6) is 0 Å². The van der Waals surface area contributed by atoms with Gasteiger partial charge in [-0.25, -0.2) is 4.79 Å². The summed E-state index contributed by atoms with van der Waals surface area (Å²) in [4.78, 5) is 32.3. The molecule has 1 amide bonds. The van der Waals surface area contributed by atoms with Crippen LogP contribution in [0.3, 0.4) is 0 Å². The van der Waals surface area contributed by atoms with Gasteiger partial charge in [0.1, 0.15) is 0 Å². The van der Waals surface area contributed by atoms with E-state index in [1.54, 1.807) is 24.4 Å². The molecule has 0 radical (unpaired) electrons. The van der Waals surface area contributed by atoms with E-state index in [-0.39, 0.29) is 11.6 Å². The van der Waals surface area contributed by atoms with E-state index in [4.69, 9.17) is 0 Å². The molecule has 6 nitrogen and oxygen atoms in total. The van der Waals surface area contributed by atoms with Crippen LogP contribution in [0.4, 0.5) is 0 Å². The first-order valence-corrected chi connectivity index (χ1v) is 6.11. The number of hydrogen-bond donors (Lipinski definition) is 3. The molecular formula is C14H12N4O2. The molecular weight excluding hydrogens is 256 g/mol. The monoisotopic (exact) mass is 268 g/mol. The average molecular weight is 268 g/mol. The van der Waals surface area contributed by atoms with Crippen LogP contribution in [0.1, 0.15) is 15.9 Å². The Hall–Kier alpha value is -2.89. The first kappa shape index (κ1) is 12.2. The maximum absolute atomic E-state index is 11.9. The summed E-state index contributed by atoms with van der Waals surface area (Å²) in [5, 5.41) is 2.81. The van der Waals surface area contributed by atoms with E-state index < -0.39 is 0 Å². The summed E-state index contributed by atoms with van der Waals surface area (Å²) in [5.41, 5.74) is 2.66. The molecule has 20 heavy (non-hydrogen) atoms. The van der Waals surface area contributed by atoms with Gasteiger partial charge in [-0.3, -0.25) is 9.78 Å². The minimum Gasteiger partial charge on any atom is -0.348 e. The highest BCUT2D eigenvalue weighted by molar-refractivity contribution is 5.93. The lowest BCUT2D eigenvalue weighted by Crippen LogP contribution is -2.22. The van der Waals surface area contributed by atoms with Crippen LogP contribution in [-0.4, -0.2) is 20.9 Å². The van der Waals surface area contributed by atoms with Gasteiger partial charge in [-0.05, 0) is 29.8 Å². The van der Waals surface area contributed by atoms with Gasteiger partial charge in [0, 0.05) is 18.9 Å². The Balaban J connectivity index is 1.73. The summed E-state index contributed by atoms with van der Waals surface area (Å²) in [6, 6.07) is 8.91. The Morgan fingerprint density at radius 1 is 1.20 bits per heavy atom. The molecule has 3 N–H and O–H groups in total. The van der Waals surface area contributed by atoms with E-state index in [1.165, 1.54) is 6.20 Å². The largest absolute Gasteiger partial charge is 0.348 e. The van der Waals surface area contributed by atoms with E-state index in [0.717, 1.165) is 16.6 Å². The molecule has 0 saturated carbocycles. The lowest BCUT2D eigenvalue weighted by atomic mass is 10.2. The van der Waals surface area contributed by atoms with Gasteiger partial charge in [0.15, 0.2) is 0 Å². The number of H-pyrrole nitrogens is 2. The second kappa shape index (κ2) is 5.00. The first-order chi connectivity index (χ1) is 9.72. The molecule has 0 spiro atoms. The number of imidazole rings is 1.